The topological polar surface area (TPSA) is 94.6 Å². The van der Waals surface area contributed by atoms with Gasteiger partial charge in [0.05, 0.1) is 31.4 Å². The van der Waals surface area contributed by atoms with Crippen LogP contribution in [0.5, 0.6) is 5.75 Å². The van der Waals surface area contributed by atoms with Crippen molar-refractivity contribution in [2.75, 3.05) is 7.11 Å². The average molecular weight is 400 g/mol. The zero-order valence-corrected chi connectivity index (χ0v) is 16.3. The second kappa shape index (κ2) is 8.79. The van der Waals surface area contributed by atoms with Crippen molar-refractivity contribution in [1.29, 1.82) is 0 Å². The van der Waals surface area contributed by atoms with Gasteiger partial charge in [0.25, 0.3) is 0 Å². The van der Waals surface area contributed by atoms with Crippen LogP contribution < -0.4 is 5.43 Å². The summed E-state index contributed by atoms with van der Waals surface area (Å²) in [4.78, 5) is 25.3. The van der Waals surface area contributed by atoms with Gasteiger partial charge < -0.3 is 14.3 Å². The van der Waals surface area contributed by atoms with Gasteiger partial charge in [0.15, 0.2) is 5.76 Å². The fraction of sp³-hybridized carbons (Fsp3) is 0.250. The normalized spacial score (nSPS) is 11.9. The fourth-order valence-corrected chi connectivity index (χ4v) is 3.57. The lowest BCUT2D eigenvalue weighted by molar-refractivity contribution is -0.140. The van der Waals surface area contributed by atoms with Crippen molar-refractivity contribution in [1.82, 2.24) is 9.78 Å². The summed E-state index contributed by atoms with van der Waals surface area (Å²) >= 11 is 1.50. The largest absolute Gasteiger partial charge is 0.502 e. The molecule has 2 aromatic heterocycles. The first-order chi connectivity index (χ1) is 13.5. The molecule has 1 aromatic carbocycles. The van der Waals surface area contributed by atoms with E-state index < -0.39 is 23.1 Å². The summed E-state index contributed by atoms with van der Waals surface area (Å²) in [5, 5.41) is 14.4. The van der Waals surface area contributed by atoms with E-state index in [-0.39, 0.29) is 12.2 Å². The Morgan fingerprint density at radius 1 is 1.36 bits per heavy atom. The average Bonchev–Trinajstić information content (AvgIpc) is 3.13. The van der Waals surface area contributed by atoms with E-state index in [0.29, 0.717) is 17.1 Å². The zero-order chi connectivity index (χ0) is 20.1. The first-order valence-electron chi connectivity index (χ1n) is 8.57. The molecule has 0 saturated carbocycles. The number of thioether (sulfide) groups is 1. The van der Waals surface area contributed by atoms with Crippen LogP contribution in [0.1, 0.15) is 29.4 Å². The van der Waals surface area contributed by atoms with Crippen molar-refractivity contribution < 1.29 is 19.1 Å². The molecule has 3 rings (SSSR count). The lowest BCUT2D eigenvalue weighted by Crippen LogP contribution is -2.13. The number of nitrogens with zero attached hydrogens (tertiary/aromatic N) is 2. The maximum Gasteiger partial charge on any atom is 0.306 e. The van der Waals surface area contributed by atoms with Gasteiger partial charge in [-0.25, -0.2) is 0 Å². The number of methoxy groups -OCH3 is 1. The molecule has 0 amide bonds. The van der Waals surface area contributed by atoms with Gasteiger partial charge in [-0.05, 0) is 12.1 Å². The summed E-state index contributed by atoms with van der Waals surface area (Å²) < 4.78 is 12.2. The van der Waals surface area contributed by atoms with E-state index >= 15 is 0 Å². The second-order valence-electron chi connectivity index (χ2n) is 6.17. The summed E-state index contributed by atoms with van der Waals surface area (Å²) in [6.45, 7) is 0. The highest BCUT2D eigenvalue weighted by atomic mass is 32.2. The quantitative estimate of drug-likeness (QED) is 0.481. The van der Waals surface area contributed by atoms with Gasteiger partial charge in [0, 0.05) is 29.8 Å². The van der Waals surface area contributed by atoms with Crippen LogP contribution in [0.15, 0.2) is 62.9 Å². The van der Waals surface area contributed by atoms with Crippen molar-refractivity contribution in [2.24, 2.45) is 7.05 Å². The van der Waals surface area contributed by atoms with Crippen LogP contribution in [0.3, 0.4) is 0 Å². The number of esters is 1. The van der Waals surface area contributed by atoms with Crippen LogP contribution >= 0.6 is 11.8 Å². The molecule has 0 saturated heterocycles. The number of carbonyl (C=O) groups excluding carboxylic acids is 1. The molecule has 1 N–H and O–H groups in total. The molecule has 0 unspecified atom stereocenters. The monoisotopic (exact) mass is 400 g/mol. The molecular weight excluding hydrogens is 380 g/mol. The first-order valence-corrected chi connectivity index (χ1v) is 9.55. The number of carbonyl (C=O) groups is 1. The van der Waals surface area contributed by atoms with E-state index in [0.717, 1.165) is 4.90 Å². The predicted molar refractivity (Wildman–Crippen MR) is 104 cm³/mol. The van der Waals surface area contributed by atoms with Crippen LogP contribution in [0.25, 0.3) is 0 Å². The standard InChI is InChI=1S/C20H20N2O5S/c1-22-11-13(10-21-22)16(9-18(24)26-2)20-19(25)17(23)8-14(27-20)12-28-15-6-4-3-5-7-15/h3-8,10-11,16,25H,9,12H2,1-2H3/t16-/m0/s1. The van der Waals surface area contributed by atoms with E-state index in [9.17, 15) is 14.7 Å². The van der Waals surface area contributed by atoms with Crippen molar-refractivity contribution in [3.05, 3.63) is 76.1 Å². The molecule has 8 heteroatoms. The number of hydrogen-bond donors (Lipinski definition) is 1. The highest BCUT2D eigenvalue weighted by molar-refractivity contribution is 7.98. The molecule has 0 aliphatic heterocycles. The number of rotatable bonds is 7. The molecule has 2 heterocycles. The van der Waals surface area contributed by atoms with Crippen molar-refractivity contribution >= 4 is 17.7 Å². The maximum atomic E-state index is 12.3. The minimum absolute atomic E-state index is 0.0366. The third-order valence-electron chi connectivity index (χ3n) is 4.17. The van der Waals surface area contributed by atoms with Crippen molar-refractivity contribution in [3.63, 3.8) is 0 Å². The van der Waals surface area contributed by atoms with Gasteiger partial charge in [0.1, 0.15) is 5.76 Å². The number of hydrogen-bond acceptors (Lipinski definition) is 7. The Morgan fingerprint density at radius 3 is 2.75 bits per heavy atom. The van der Waals surface area contributed by atoms with Gasteiger partial charge >= 0.3 is 5.97 Å². The van der Waals surface area contributed by atoms with Crippen LogP contribution in [-0.2, 0) is 22.3 Å². The Bertz CT molecular complexity index is 1010. The summed E-state index contributed by atoms with van der Waals surface area (Å²) in [7, 11) is 3.02. The molecule has 3 aromatic rings. The zero-order valence-electron chi connectivity index (χ0n) is 15.5. The molecule has 0 bridgehead atoms. The highest BCUT2D eigenvalue weighted by Crippen LogP contribution is 2.34. The Kier molecular flexibility index (Phi) is 6.20. The van der Waals surface area contributed by atoms with Crippen molar-refractivity contribution in [2.45, 2.75) is 23.0 Å². The van der Waals surface area contributed by atoms with E-state index in [1.54, 1.807) is 24.1 Å². The summed E-state index contributed by atoms with van der Waals surface area (Å²) in [6.07, 6.45) is 3.19. The molecule has 0 aliphatic carbocycles. The van der Waals surface area contributed by atoms with E-state index in [2.05, 4.69) is 5.10 Å². The number of aromatic nitrogens is 2. The van der Waals surface area contributed by atoms with Gasteiger partial charge in [0.2, 0.25) is 11.2 Å². The smallest absolute Gasteiger partial charge is 0.306 e. The van der Waals surface area contributed by atoms with Crippen LogP contribution in [0, 0.1) is 0 Å². The molecule has 0 fully saturated rings. The Hall–Kier alpha value is -3.00. The second-order valence-corrected chi connectivity index (χ2v) is 7.22. The molecule has 7 nitrogen and oxygen atoms in total. The van der Waals surface area contributed by atoms with Crippen LogP contribution in [0.2, 0.25) is 0 Å². The SMILES string of the molecule is COC(=O)C[C@@H](c1cnn(C)c1)c1oc(CSc2ccccc2)cc(=O)c1O. The summed E-state index contributed by atoms with van der Waals surface area (Å²) in [6, 6.07) is 11.0. The Balaban J connectivity index is 1.95. The molecule has 1 atom stereocenters. The minimum atomic E-state index is -0.685. The van der Waals surface area contributed by atoms with E-state index in [4.69, 9.17) is 9.15 Å². The van der Waals surface area contributed by atoms with Gasteiger partial charge in [-0.15, -0.1) is 11.8 Å². The first kappa shape index (κ1) is 19.8. The number of ether oxygens (including phenoxy) is 1. The predicted octanol–water partition coefficient (Wildman–Crippen LogP) is 3.07. The maximum absolute atomic E-state index is 12.3. The Morgan fingerprint density at radius 2 is 2.11 bits per heavy atom. The molecule has 0 spiro atoms. The van der Waals surface area contributed by atoms with Gasteiger partial charge in [-0.2, -0.15) is 5.10 Å². The molecule has 0 aliphatic rings. The van der Waals surface area contributed by atoms with Crippen LogP contribution in [0.4, 0.5) is 0 Å². The summed E-state index contributed by atoms with van der Waals surface area (Å²) in [5.74, 6) is -0.827. The molecule has 28 heavy (non-hydrogen) atoms. The van der Waals surface area contributed by atoms with Crippen molar-refractivity contribution in [3.8, 4) is 5.75 Å². The third kappa shape index (κ3) is 4.64. The van der Waals surface area contributed by atoms with Gasteiger partial charge in [-0.3, -0.25) is 14.3 Å². The lowest BCUT2D eigenvalue weighted by Gasteiger charge is -2.15. The summed E-state index contributed by atoms with van der Waals surface area (Å²) in [5.41, 5.74) is 0.0860. The molecular formula is C20H20N2O5S. The minimum Gasteiger partial charge on any atom is -0.502 e. The lowest BCUT2D eigenvalue weighted by atomic mass is 9.95. The fourth-order valence-electron chi connectivity index (χ4n) is 2.77. The molecule has 146 valence electrons. The van der Waals surface area contributed by atoms with E-state index in [1.165, 1.54) is 24.9 Å². The number of aryl methyl sites for hydroxylation is 1. The van der Waals surface area contributed by atoms with E-state index in [1.807, 2.05) is 30.3 Å². The third-order valence-corrected chi connectivity index (χ3v) is 5.20. The highest BCUT2D eigenvalue weighted by Gasteiger charge is 2.27. The van der Waals surface area contributed by atoms with Crippen LogP contribution in [-0.4, -0.2) is 28.0 Å². The Labute approximate surface area is 166 Å². The molecule has 0 radical (unpaired) electrons. The van der Waals surface area contributed by atoms with Gasteiger partial charge in [-0.1, -0.05) is 18.2 Å². The number of aromatic hydroxyl groups is 1. The number of benzene rings is 1.